The Morgan fingerprint density at radius 2 is 2.30 bits per heavy atom. The van der Waals surface area contributed by atoms with Crippen molar-refractivity contribution in [3.63, 3.8) is 0 Å². The first kappa shape index (κ1) is 15.7. The molecule has 0 spiro atoms. The molecule has 0 radical (unpaired) electrons. The van der Waals surface area contributed by atoms with Crippen LogP contribution >= 0.6 is 24.0 Å². The van der Waals surface area contributed by atoms with E-state index in [1.54, 1.807) is 11.8 Å². The lowest BCUT2D eigenvalue weighted by Crippen LogP contribution is -2.30. The number of thiocarbonyl (C=S) groups is 1. The molecule has 2 rings (SSSR count). The highest BCUT2D eigenvalue weighted by Crippen LogP contribution is 2.25. The zero-order valence-corrected chi connectivity index (χ0v) is 13.1. The van der Waals surface area contributed by atoms with Gasteiger partial charge in [-0.25, -0.2) is 17.5 Å². The molecule has 1 aliphatic rings. The Hall–Kier alpha value is -0.700. The van der Waals surface area contributed by atoms with E-state index in [2.05, 4.69) is 4.72 Å². The molecule has 8 heteroatoms. The van der Waals surface area contributed by atoms with Crippen molar-refractivity contribution in [2.75, 3.05) is 12.3 Å². The summed E-state index contributed by atoms with van der Waals surface area (Å²) in [5.41, 5.74) is 5.32. The quantitative estimate of drug-likeness (QED) is 0.801. The lowest BCUT2D eigenvalue weighted by atomic mass is 10.2. The number of sulfonamides is 1. The number of rotatable bonds is 5. The second-order valence-corrected chi connectivity index (χ2v) is 8.11. The first-order valence-electron chi connectivity index (χ1n) is 6.11. The predicted octanol–water partition coefficient (Wildman–Crippen LogP) is 1.63. The van der Waals surface area contributed by atoms with Gasteiger partial charge >= 0.3 is 0 Å². The Kier molecular flexibility index (Phi) is 5.00. The minimum Gasteiger partial charge on any atom is -0.389 e. The van der Waals surface area contributed by atoms with E-state index in [1.807, 2.05) is 0 Å². The fourth-order valence-electron chi connectivity index (χ4n) is 1.95. The molecule has 0 amide bonds. The zero-order valence-electron chi connectivity index (χ0n) is 10.6. The first-order valence-corrected chi connectivity index (χ1v) is 9.05. The molecule has 1 unspecified atom stereocenters. The van der Waals surface area contributed by atoms with Crippen LogP contribution < -0.4 is 10.5 Å². The van der Waals surface area contributed by atoms with Crippen molar-refractivity contribution in [2.45, 2.75) is 23.0 Å². The van der Waals surface area contributed by atoms with Crippen LogP contribution in [0, 0.1) is 5.82 Å². The Morgan fingerprint density at radius 1 is 1.55 bits per heavy atom. The van der Waals surface area contributed by atoms with Crippen LogP contribution in [0.2, 0.25) is 0 Å². The van der Waals surface area contributed by atoms with Crippen molar-refractivity contribution in [3.05, 3.63) is 29.6 Å². The number of nitrogens with one attached hydrogen (secondary N) is 1. The average molecular weight is 334 g/mol. The Balaban J connectivity index is 2.16. The van der Waals surface area contributed by atoms with E-state index < -0.39 is 15.8 Å². The summed E-state index contributed by atoms with van der Waals surface area (Å²) in [6.45, 7) is 0.382. The van der Waals surface area contributed by atoms with Crippen LogP contribution in [0.15, 0.2) is 23.1 Å². The van der Waals surface area contributed by atoms with Crippen molar-refractivity contribution in [1.29, 1.82) is 0 Å². The maximum absolute atomic E-state index is 13.5. The fourth-order valence-corrected chi connectivity index (χ4v) is 4.52. The van der Waals surface area contributed by atoms with Gasteiger partial charge in [-0.15, -0.1) is 0 Å². The molecule has 1 saturated heterocycles. The summed E-state index contributed by atoms with van der Waals surface area (Å²) in [4.78, 5) is -0.185. The molecular formula is C12H15FN2O2S3. The van der Waals surface area contributed by atoms with Crippen molar-refractivity contribution in [1.82, 2.24) is 4.72 Å². The smallest absolute Gasteiger partial charge is 0.240 e. The molecule has 20 heavy (non-hydrogen) atoms. The van der Waals surface area contributed by atoms with Gasteiger partial charge in [0.2, 0.25) is 10.0 Å². The van der Waals surface area contributed by atoms with Gasteiger partial charge < -0.3 is 5.73 Å². The molecule has 1 atom stereocenters. The van der Waals surface area contributed by atoms with Gasteiger partial charge in [0.15, 0.2) is 0 Å². The Morgan fingerprint density at radius 3 is 2.90 bits per heavy atom. The third kappa shape index (κ3) is 3.69. The highest BCUT2D eigenvalue weighted by molar-refractivity contribution is 8.00. The highest BCUT2D eigenvalue weighted by Gasteiger charge is 2.21. The normalized spacial score (nSPS) is 19.1. The molecule has 0 saturated carbocycles. The maximum atomic E-state index is 13.5. The summed E-state index contributed by atoms with van der Waals surface area (Å²) in [6.07, 6.45) is 2.12. The van der Waals surface area contributed by atoms with Gasteiger partial charge in [0.25, 0.3) is 0 Å². The third-order valence-electron chi connectivity index (χ3n) is 3.04. The molecule has 1 aromatic rings. The summed E-state index contributed by atoms with van der Waals surface area (Å²) in [5.74, 6) is 0.442. The SMILES string of the molecule is NC(=S)c1cc(S(=O)(=O)NCC2CCCS2)ccc1F. The second-order valence-electron chi connectivity index (χ2n) is 4.49. The van der Waals surface area contributed by atoms with E-state index in [-0.39, 0.29) is 15.4 Å². The third-order valence-corrected chi connectivity index (χ3v) is 6.08. The number of hydrogen-bond donors (Lipinski definition) is 2. The van der Waals surface area contributed by atoms with Crippen LogP contribution in [0.3, 0.4) is 0 Å². The van der Waals surface area contributed by atoms with Crippen LogP contribution in [0.4, 0.5) is 4.39 Å². The van der Waals surface area contributed by atoms with Crippen LogP contribution in [0.1, 0.15) is 18.4 Å². The van der Waals surface area contributed by atoms with Crippen molar-refractivity contribution >= 4 is 39.0 Å². The Bertz CT molecular complexity index is 613. The minimum atomic E-state index is -3.67. The molecular weight excluding hydrogens is 319 g/mol. The summed E-state index contributed by atoms with van der Waals surface area (Å²) >= 11 is 6.46. The number of benzene rings is 1. The van der Waals surface area contributed by atoms with Crippen molar-refractivity contribution in [3.8, 4) is 0 Å². The largest absolute Gasteiger partial charge is 0.389 e. The predicted molar refractivity (Wildman–Crippen MR) is 83.0 cm³/mol. The average Bonchev–Trinajstić information content (AvgIpc) is 2.89. The second kappa shape index (κ2) is 6.38. The van der Waals surface area contributed by atoms with Crippen molar-refractivity contribution in [2.24, 2.45) is 5.73 Å². The molecule has 1 aromatic carbocycles. The van der Waals surface area contributed by atoms with E-state index in [4.69, 9.17) is 18.0 Å². The number of nitrogens with two attached hydrogens (primary N) is 1. The van der Waals surface area contributed by atoms with E-state index in [0.29, 0.717) is 11.8 Å². The number of halogens is 1. The van der Waals surface area contributed by atoms with Crippen LogP contribution in [-0.4, -0.2) is 31.0 Å². The zero-order chi connectivity index (χ0) is 14.8. The maximum Gasteiger partial charge on any atom is 0.240 e. The van der Waals surface area contributed by atoms with E-state index in [9.17, 15) is 12.8 Å². The topological polar surface area (TPSA) is 72.2 Å². The number of hydrogen-bond acceptors (Lipinski definition) is 4. The lowest BCUT2D eigenvalue weighted by Gasteiger charge is -2.11. The van der Waals surface area contributed by atoms with Gasteiger partial charge in [0.1, 0.15) is 10.8 Å². The van der Waals surface area contributed by atoms with Crippen LogP contribution in [-0.2, 0) is 10.0 Å². The first-order chi connectivity index (χ1) is 9.40. The van der Waals surface area contributed by atoms with Crippen LogP contribution in [0.5, 0.6) is 0 Å². The standard InChI is InChI=1S/C12H15FN2O2S3/c13-11-4-3-9(6-10(11)12(14)18)20(16,17)15-7-8-2-1-5-19-8/h3-4,6,8,15H,1-2,5,7H2,(H2,14,18). The molecule has 0 bridgehead atoms. The molecule has 0 aliphatic carbocycles. The Labute approximate surface area is 127 Å². The van der Waals surface area contributed by atoms with E-state index in [1.165, 1.54) is 12.1 Å². The molecule has 110 valence electrons. The molecule has 4 nitrogen and oxygen atoms in total. The van der Waals surface area contributed by atoms with Gasteiger partial charge in [0.05, 0.1) is 4.90 Å². The molecule has 1 heterocycles. The van der Waals surface area contributed by atoms with Gasteiger partial charge in [-0.05, 0) is 36.8 Å². The van der Waals surface area contributed by atoms with Gasteiger partial charge in [-0.3, -0.25) is 0 Å². The molecule has 0 aromatic heterocycles. The van der Waals surface area contributed by atoms with Gasteiger partial charge in [-0.2, -0.15) is 11.8 Å². The summed E-state index contributed by atoms with van der Waals surface area (Å²) < 4.78 is 40.3. The molecule has 1 fully saturated rings. The summed E-state index contributed by atoms with van der Waals surface area (Å²) in [6, 6.07) is 3.44. The molecule has 1 aliphatic heterocycles. The number of thioether (sulfide) groups is 1. The summed E-state index contributed by atoms with van der Waals surface area (Å²) in [5, 5.41) is 0.306. The highest BCUT2D eigenvalue weighted by atomic mass is 32.2. The van der Waals surface area contributed by atoms with Crippen molar-refractivity contribution < 1.29 is 12.8 Å². The molecule has 3 N–H and O–H groups in total. The van der Waals surface area contributed by atoms with E-state index >= 15 is 0 Å². The van der Waals surface area contributed by atoms with Gasteiger partial charge in [0, 0.05) is 17.4 Å². The van der Waals surface area contributed by atoms with E-state index in [0.717, 1.165) is 24.7 Å². The minimum absolute atomic E-state index is 0.0234. The van der Waals surface area contributed by atoms with Gasteiger partial charge in [-0.1, -0.05) is 12.2 Å². The summed E-state index contributed by atoms with van der Waals surface area (Å²) in [7, 11) is -3.67. The fraction of sp³-hybridized carbons (Fsp3) is 0.417. The lowest BCUT2D eigenvalue weighted by molar-refractivity contribution is 0.578. The van der Waals surface area contributed by atoms with Crippen LogP contribution in [0.25, 0.3) is 0 Å². The monoisotopic (exact) mass is 334 g/mol.